The van der Waals surface area contributed by atoms with Crippen LogP contribution >= 0.6 is 11.8 Å². The molecule has 0 saturated heterocycles. The van der Waals surface area contributed by atoms with E-state index in [0.29, 0.717) is 33.9 Å². The lowest BCUT2D eigenvalue weighted by Crippen LogP contribution is -2.15. The Morgan fingerprint density at radius 2 is 1.68 bits per heavy atom. The van der Waals surface area contributed by atoms with Gasteiger partial charge < -0.3 is 24.1 Å². The van der Waals surface area contributed by atoms with Crippen molar-refractivity contribution in [2.24, 2.45) is 7.05 Å². The number of ether oxygens (including phenoxy) is 3. The van der Waals surface area contributed by atoms with Crippen LogP contribution in [0.1, 0.15) is 17.0 Å². The van der Waals surface area contributed by atoms with Gasteiger partial charge in [0, 0.05) is 7.05 Å². The molecule has 9 heteroatoms. The van der Waals surface area contributed by atoms with E-state index in [-0.39, 0.29) is 18.3 Å². The van der Waals surface area contributed by atoms with Gasteiger partial charge in [0.15, 0.2) is 22.5 Å². The number of carbonyl (C=O) groups is 1. The zero-order valence-electron chi connectivity index (χ0n) is 18.3. The van der Waals surface area contributed by atoms with Crippen LogP contribution in [0.4, 0.5) is 5.69 Å². The molecule has 0 unspecified atom stereocenters. The minimum absolute atomic E-state index is 0.154. The molecular formula is C22H26N4O4S. The van der Waals surface area contributed by atoms with E-state index >= 15 is 0 Å². The first-order valence-electron chi connectivity index (χ1n) is 9.64. The number of thioether (sulfide) groups is 1. The first-order chi connectivity index (χ1) is 14.9. The summed E-state index contributed by atoms with van der Waals surface area (Å²) in [6, 6.07) is 11.4. The van der Waals surface area contributed by atoms with Crippen LogP contribution in [-0.4, -0.2) is 40.6 Å². The number of benzene rings is 2. The number of nitrogens with one attached hydrogen (secondary N) is 1. The van der Waals surface area contributed by atoms with Crippen molar-refractivity contribution < 1.29 is 19.0 Å². The highest BCUT2D eigenvalue weighted by Gasteiger charge is 2.14. The van der Waals surface area contributed by atoms with Crippen molar-refractivity contribution in [3.05, 3.63) is 53.3 Å². The predicted molar refractivity (Wildman–Crippen MR) is 120 cm³/mol. The van der Waals surface area contributed by atoms with Crippen molar-refractivity contribution in [1.82, 2.24) is 14.8 Å². The topological polar surface area (TPSA) is 87.5 Å². The van der Waals surface area contributed by atoms with E-state index in [1.807, 2.05) is 61.9 Å². The fraction of sp³-hybridized carbons (Fsp3) is 0.318. The Hall–Kier alpha value is -3.20. The molecular weight excluding hydrogens is 416 g/mol. The maximum atomic E-state index is 12.4. The molecule has 0 bridgehead atoms. The van der Waals surface area contributed by atoms with Gasteiger partial charge in [-0.05, 0) is 49.2 Å². The molecule has 0 radical (unpaired) electrons. The molecule has 1 N–H and O–H groups in total. The first-order valence-corrected chi connectivity index (χ1v) is 10.6. The molecule has 1 aromatic heterocycles. The number of aryl methyl sites for hydroxylation is 2. The van der Waals surface area contributed by atoms with Gasteiger partial charge in [-0.15, -0.1) is 10.2 Å². The van der Waals surface area contributed by atoms with Crippen molar-refractivity contribution >= 4 is 23.4 Å². The SMILES string of the molecule is COc1ccc(C)cc1NC(=O)CSc1nnc(COc2ccc(C)cc2OC)n1C. The van der Waals surface area contributed by atoms with Gasteiger partial charge in [0.05, 0.1) is 25.7 Å². The van der Waals surface area contributed by atoms with Crippen LogP contribution in [0.15, 0.2) is 41.6 Å². The highest BCUT2D eigenvalue weighted by atomic mass is 32.2. The molecule has 0 aliphatic heterocycles. The Bertz CT molecular complexity index is 1070. The lowest BCUT2D eigenvalue weighted by atomic mass is 10.2. The second kappa shape index (κ2) is 10.2. The largest absolute Gasteiger partial charge is 0.495 e. The molecule has 8 nitrogen and oxygen atoms in total. The first kappa shape index (κ1) is 22.5. The van der Waals surface area contributed by atoms with Crippen molar-refractivity contribution in [1.29, 1.82) is 0 Å². The number of anilines is 1. The smallest absolute Gasteiger partial charge is 0.234 e. The molecule has 3 rings (SSSR count). The van der Waals surface area contributed by atoms with Gasteiger partial charge in [-0.25, -0.2) is 0 Å². The zero-order chi connectivity index (χ0) is 22.4. The average Bonchev–Trinajstić information content (AvgIpc) is 3.11. The third-order valence-electron chi connectivity index (χ3n) is 4.56. The Kier molecular flexibility index (Phi) is 7.41. The molecule has 3 aromatic rings. The van der Waals surface area contributed by atoms with E-state index in [9.17, 15) is 4.79 Å². The fourth-order valence-electron chi connectivity index (χ4n) is 2.87. The highest BCUT2D eigenvalue weighted by molar-refractivity contribution is 7.99. The van der Waals surface area contributed by atoms with Gasteiger partial charge in [-0.2, -0.15) is 0 Å². The molecule has 0 aliphatic rings. The maximum Gasteiger partial charge on any atom is 0.234 e. The zero-order valence-corrected chi connectivity index (χ0v) is 19.1. The summed E-state index contributed by atoms with van der Waals surface area (Å²) in [6.45, 7) is 4.18. The number of amides is 1. The molecule has 164 valence electrons. The van der Waals surface area contributed by atoms with Crippen LogP contribution in [0, 0.1) is 13.8 Å². The van der Waals surface area contributed by atoms with E-state index in [1.165, 1.54) is 11.8 Å². The fourth-order valence-corrected chi connectivity index (χ4v) is 3.60. The molecule has 31 heavy (non-hydrogen) atoms. The predicted octanol–water partition coefficient (Wildman–Crippen LogP) is 3.76. The number of hydrogen-bond acceptors (Lipinski definition) is 7. The Labute approximate surface area is 185 Å². The summed E-state index contributed by atoms with van der Waals surface area (Å²) in [7, 11) is 5.02. The summed E-state index contributed by atoms with van der Waals surface area (Å²) in [5, 5.41) is 11.9. The molecule has 0 aliphatic carbocycles. The summed E-state index contributed by atoms with van der Waals surface area (Å²) >= 11 is 1.30. The van der Waals surface area contributed by atoms with Crippen molar-refractivity contribution in [3.8, 4) is 17.2 Å². The highest BCUT2D eigenvalue weighted by Crippen LogP contribution is 2.29. The summed E-state index contributed by atoms with van der Waals surface area (Å²) in [4.78, 5) is 12.4. The lowest BCUT2D eigenvalue weighted by molar-refractivity contribution is -0.113. The summed E-state index contributed by atoms with van der Waals surface area (Å²) < 4.78 is 18.3. The minimum atomic E-state index is -0.154. The Morgan fingerprint density at radius 3 is 2.39 bits per heavy atom. The van der Waals surface area contributed by atoms with Crippen molar-refractivity contribution in [3.63, 3.8) is 0 Å². The average molecular weight is 443 g/mol. The van der Waals surface area contributed by atoms with Gasteiger partial charge >= 0.3 is 0 Å². The van der Waals surface area contributed by atoms with E-state index < -0.39 is 0 Å². The van der Waals surface area contributed by atoms with Gasteiger partial charge in [0.2, 0.25) is 5.91 Å². The maximum absolute atomic E-state index is 12.4. The molecule has 0 spiro atoms. The second-order valence-electron chi connectivity index (χ2n) is 6.94. The van der Waals surface area contributed by atoms with Crippen LogP contribution in [0.2, 0.25) is 0 Å². The number of nitrogens with zero attached hydrogens (tertiary/aromatic N) is 3. The van der Waals surface area contributed by atoms with Gasteiger partial charge in [-0.1, -0.05) is 23.9 Å². The molecule has 1 amide bonds. The van der Waals surface area contributed by atoms with Crippen LogP contribution in [0.25, 0.3) is 0 Å². The lowest BCUT2D eigenvalue weighted by Gasteiger charge is -2.11. The van der Waals surface area contributed by atoms with E-state index in [1.54, 1.807) is 14.2 Å². The van der Waals surface area contributed by atoms with Crippen LogP contribution in [-0.2, 0) is 18.4 Å². The van der Waals surface area contributed by atoms with E-state index in [4.69, 9.17) is 14.2 Å². The third kappa shape index (κ3) is 5.69. The van der Waals surface area contributed by atoms with Gasteiger partial charge in [0.25, 0.3) is 0 Å². The van der Waals surface area contributed by atoms with Crippen LogP contribution in [0.3, 0.4) is 0 Å². The Morgan fingerprint density at radius 1 is 1.00 bits per heavy atom. The van der Waals surface area contributed by atoms with E-state index in [2.05, 4.69) is 15.5 Å². The second-order valence-corrected chi connectivity index (χ2v) is 7.88. The summed E-state index contributed by atoms with van der Waals surface area (Å²) in [5.41, 5.74) is 2.77. The monoisotopic (exact) mass is 442 g/mol. The number of methoxy groups -OCH3 is 2. The molecule has 0 saturated carbocycles. The third-order valence-corrected chi connectivity index (χ3v) is 5.58. The van der Waals surface area contributed by atoms with E-state index in [0.717, 1.165) is 11.1 Å². The summed E-state index contributed by atoms with van der Waals surface area (Å²) in [6.07, 6.45) is 0. The normalized spacial score (nSPS) is 10.6. The number of rotatable bonds is 9. The molecule has 0 atom stereocenters. The van der Waals surface area contributed by atoms with Crippen LogP contribution < -0.4 is 19.5 Å². The number of carbonyl (C=O) groups excluding carboxylic acids is 1. The number of hydrogen-bond donors (Lipinski definition) is 1. The molecule has 0 fully saturated rings. The quantitative estimate of drug-likeness (QED) is 0.505. The summed E-state index contributed by atoms with van der Waals surface area (Å²) in [5.74, 6) is 2.60. The molecule has 1 heterocycles. The van der Waals surface area contributed by atoms with Gasteiger partial charge in [-0.3, -0.25) is 4.79 Å². The van der Waals surface area contributed by atoms with Crippen LogP contribution in [0.5, 0.6) is 17.2 Å². The van der Waals surface area contributed by atoms with Gasteiger partial charge in [0.1, 0.15) is 12.4 Å². The number of aromatic nitrogens is 3. The molecule has 2 aromatic carbocycles. The minimum Gasteiger partial charge on any atom is -0.495 e. The Balaban J connectivity index is 1.58. The van der Waals surface area contributed by atoms with Crippen molar-refractivity contribution in [2.75, 3.05) is 25.3 Å². The van der Waals surface area contributed by atoms with Crippen molar-refractivity contribution in [2.45, 2.75) is 25.6 Å². The standard InChI is InChI=1S/C22H26N4O4S/c1-14-6-8-17(28-4)16(10-14)23-21(27)13-31-22-25-24-20(26(22)3)12-30-18-9-7-15(2)11-19(18)29-5/h6-11H,12-13H2,1-5H3,(H,23,27).